The van der Waals surface area contributed by atoms with Crippen molar-refractivity contribution in [1.82, 2.24) is 5.32 Å². The second-order valence-corrected chi connectivity index (χ2v) is 5.71. The fraction of sp³-hybridized carbons (Fsp3) is 0.263. The van der Waals surface area contributed by atoms with Crippen molar-refractivity contribution in [2.45, 2.75) is 32.9 Å². The highest BCUT2D eigenvalue weighted by atomic mass is 16.3. The molecule has 2 heteroatoms. The molecule has 2 atom stereocenters. The number of fused-ring (bicyclic) bond motifs is 1. The maximum absolute atomic E-state index is 5.93. The van der Waals surface area contributed by atoms with Crippen LogP contribution < -0.4 is 5.32 Å². The number of aryl methyl sites for hydroxylation is 1. The van der Waals surface area contributed by atoms with Gasteiger partial charge >= 0.3 is 0 Å². The quantitative estimate of drug-likeness (QED) is 0.714. The van der Waals surface area contributed by atoms with Crippen molar-refractivity contribution in [2.24, 2.45) is 0 Å². The fourth-order valence-corrected chi connectivity index (χ4v) is 2.71. The van der Waals surface area contributed by atoms with E-state index in [1.165, 1.54) is 11.1 Å². The van der Waals surface area contributed by atoms with Crippen LogP contribution in [-0.2, 0) is 0 Å². The van der Waals surface area contributed by atoms with Gasteiger partial charge in [0.15, 0.2) is 0 Å². The molecule has 1 N–H and O–H groups in total. The van der Waals surface area contributed by atoms with Crippen molar-refractivity contribution < 1.29 is 4.42 Å². The summed E-state index contributed by atoms with van der Waals surface area (Å²) in [7, 11) is 0. The van der Waals surface area contributed by atoms with Gasteiger partial charge in [0, 0.05) is 11.4 Å². The summed E-state index contributed by atoms with van der Waals surface area (Å²) in [5.74, 6) is 0.982. The number of benzene rings is 2. The highest BCUT2D eigenvalue weighted by Gasteiger charge is 2.14. The van der Waals surface area contributed by atoms with Gasteiger partial charge in [0.25, 0.3) is 0 Å². The van der Waals surface area contributed by atoms with Gasteiger partial charge in [-0.05, 0) is 38.5 Å². The van der Waals surface area contributed by atoms with Crippen LogP contribution in [0.25, 0.3) is 11.0 Å². The summed E-state index contributed by atoms with van der Waals surface area (Å²) in [5, 5.41) is 4.76. The number of furan rings is 1. The minimum atomic E-state index is 0.174. The molecule has 1 aromatic heterocycles. The number of nitrogens with one attached hydrogen (secondary N) is 1. The van der Waals surface area contributed by atoms with Crippen molar-refractivity contribution in [3.63, 3.8) is 0 Å². The molecule has 0 spiro atoms. The third-order valence-electron chi connectivity index (χ3n) is 3.91. The Kier molecular flexibility index (Phi) is 3.80. The van der Waals surface area contributed by atoms with Crippen molar-refractivity contribution >= 4 is 11.0 Å². The third kappa shape index (κ3) is 3.01. The van der Waals surface area contributed by atoms with E-state index in [-0.39, 0.29) is 12.1 Å². The van der Waals surface area contributed by atoms with E-state index in [1.54, 1.807) is 0 Å². The van der Waals surface area contributed by atoms with Crippen LogP contribution in [0.5, 0.6) is 0 Å². The van der Waals surface area contributed by atoms with Crippen LogP contribution >= 0.6 is 0 Å². The minimum absolute atomic E-state index is 0.174. The zero-order chi connectivity index (χ0) is 14.8. The van der Waals surface area contributed by atoms with E-state index in [0.29, 0.717) is 0 Å². The maximum atomic E-state index is 5.93. The molecule has 108 valence electrons. The molecule has 0 aliphatic rings. The molecule has 0 amide bonds. The number of hydrogen-bond acceptors (Lipinski definition) is 2. The van der Waals surface area contributed by atoms with E-state index in [2.05, 4.69) is 62.5 Å². The Labute approximate surface area is 125 Å². The lowest BCUT2D eigenvalue weighted by Gasteiger charge is -2.19. The van der Waals surface area contributed by atoms with Crippen LogP contribution in [0.4, 0.5) is 0 Å². The Morgan fingerprint density at radius 1 is 0.905 bits per heavy atom. The molecule has 2 nitrogen and oxygen atoms in total. The summed E-state index contributed by atoms with van der Waals surface area (Å²) in [6, 6.07) is 19.3. The highest BCUT2D eigenvalue weighted by molar-refractivity contribution is 5.77. The lowest BCUT2D eigenvalue weighted by atomic mass is 10.0. The predicted molar refractivity (Wildman–Crippen MR) is 87.4 cm³/mol. The van der Waals surface area contributed by atoms with Crippen LogP contribution in [0.3, 0.4) is 0 Å². The Hall–Kier alpha value is -2.06. The van der Waals surface area contributed by atoms with E-state index < -0.39 is 0 Å². The largest absolute Gasteiger partial charge is 0.459 e. The molecule has 0 aliphatic heterocycles. The second-order valence-electron chi connectivity index (χ2n) is 5.71. The molecule has 3 aromatic rings. The summed E-state index contributed by atoms with van der Waals surface area (Å²) < 4.78 is 5.93. The first-order chi connectivity index (χ1) is 10.1. The Bertz CT molecular complexity index is 711. The van der Waals surface area contributed by atoms with Gasteiger partial charge in [-0.3, -0.25) is 0 Å². The first-order valence-corrected chi connectivity index (χ1v) is 7.44. The monoisotopic (exact) mass is 279 g/mol. The van der Waals surface area contributed by atoms with Gasteiger partial charge in [0.2, 0.25) is 0 Å². The van der Waals surface area contributed by atoms with Crippen LogP contribution in [0.2, 0.25) is 0 Å². The smallest absolute Gasteiger partial charge is 0.134 e. The Balaban J connectivity index is 1.77. The normalized spacial score (nSPS) is 14.2. The Morgan fingerprint density at radius 3 is 2.48 bits per heavy atom. The summed E-state index contributed by atoms with van der Waals surface area (Å²) in [4.78, 5) is 0. The van der Waals surface area contributed by atoms with Gasteiger partial charge in [-0.2, -0.15) is 0 Å². The number of hydrogen-bond donors (Lipinski definition) is 1. The summed E-state index contributed by atoms with van der Waals surface area (Å²) in [5.41, 5.74) is 3.54. The first-order valence-electron chi connectivity index (χ1n) is 7.44. The lowest BCUT2D eigenvalue weighted by Crippen LogP contribution is -2.22. The van der Waals surface area contributed by atoms with Crippen molar-refractivity contribution in [3.05, 3.63) is 71.5 Å². The van der Waals surface area contributed by atoms with Gasteiger partial charge < -0.3 is 9.73 Å². The first kappa shape index (κ1) is 13.9. The minimum Gasteiger partial charge on any atom is -0.459 e. The Morgan fingerprint density at radius 2 is 1.71 bits per heavy atom. The predicted octanol–water partition coefficient (Wildman–Crippen LogP) is 5.15. The molecule has 1 heterocycles. The standard InChI is InChI=1S/C19H21NO/c1-13-7-6-9-16(11-13)14(2)20-15(3)19-12-17-8-4-5-10-18(17)21-19/h4-12,14-15,20H,1-3H3. The van der Waals surface area contributed by atoms with E-state index in [9.17, 15) is 0 Å². The molecule has 2 aromatic carbocycles. The van der Waals surface area contributed by atoms with Crippen LogP contribution in [0, 0.1) is 6.92 Å². The summed E-state index contributed by atoms with van der Waals surface area (Å²) >= 11 is 0. The molecular weight excluding hydrogens is 258 g/mol. The number of rotatable bonds is 4. The van der Waals surface area contributed by atoms with Crippen molar-refractivity contribution in [3.8, 4) is 0 Å². The third-order valence-corrected chi connectivity index (χ3v) is 3.91. The highest BCUT2D eigenvalue weighted by Crippen LogP contribution is 2.25. The molecular formula is C19H21NO. The molecule has 0 aliphatic carbocycles. The van der Waals surface area contributed by atoms with E-state index >= 15 is 0 Å². The lowest BCUT2D eigenvalue weighted by molar-refractivity contribution is 0.417. The van der Waals surface area contributed by atoms with Gasteiger partial charge in [-0.1, -0.05) is 48.0 Å². The SMILES string of the molecule is Cc1cccc(C(C)NC(C)c2cc3ccccc3o2)c1. The van der Waals surface area contributed by atoms with Gasteiger partial charge in [0.1, 0.15) is 11.3 Å². The van der Waals surface area contributed by atoms with Crippen molar-refractivity contribution in [2.75, 3.05) is 0 Å². The summed E-state index contributed by atoms with van der Waals surface area (Å²) in [6.45, 7) is 6.46. The van der Waals surface area contributed by atoms with E-state index in [0.717, 1.165) is 16.7 Å². The zero-order valence-electron chi connectivity index (χ0n) is 12.8. The van der Waals surface area contributed by atoms with Gasteiger partial charge in [0.05, 0.1) is 6.04 Å². The maximum Gasteiger partial charge on any atom is 0.134 e. The van der Waals surface area contributed by atoms with E-state index in [1.807, 2.05) is 18.2 Å². The topological polar surface area (TPSA) is 25.2 Å². The van der Waals surface area contributed by atoms with Crippen molar-refractivity contribution in [1.29, 1.82) is 0 Å². The fourth-order valence-electron chi connectivity index (χ4n) is 2.71. The molecule has 3 rings (SSSR count). The molecule has 0 bridgehead atoms. The molecule has 0 saturated heterocycles. The van der Waals surface area contributed by atoms with E-state index in [4.69, 9.17) is 4.42 Å². The average molecular weight is 279 g/mol. The number of para-hydroxylation sites is 1. The second kappa shape index (κ2) is 5.74. The van der Waals surface area contributed by atoms with Crippen LogP contribution in [0.15, 0.2) is 59.0 Å². The molecule has 0 fully saturated rings. The average Bonchev–Trinajstić information content (AvgIpc) is 2.91. The van der Waals surface area contributed by atoms with Crippen LogP contribution in [-0.4, -0.2) is 0 Å². The summed E-state index contributed by atoms with van der Waals surface area (Å²) in [6.07, 6.45) is 0. The molecule has 0 radical (unpaired) electrons. The molecule has 21 heavy (non-hydrogen) atoms. The molecule has 0 saturated carbocycles. The van der Waals surface area contributed by atoms with Gasteiger partial charge in [-0.25, -0.2) is 0 Å². The zero-order valence-corrected chi connectivity index (χ0v) is 12.8. The van der Waals surface area contributed by atoms with Crippen LogP contribution in [0.1, 0.15) is 42.8 Å². The molecule has 2 unspecified atom stereocenters. The van der Waals surface area contributed by atoms with Gasteiger partial charge in [-0.15, -0.1) is 0 Å².